The highest BCUT2D eigenvalue weighted by atomic mass is 16.4. The van der Waals surface area contributed by atoms with Gasteiger partial charge in [-0.25, -0.2) is 4.98 Å². The monoisotopic (exact) mass is 283 g/mol. The summed E-state index contributed by atoms with van der Waals surface area (Å²) >= 11 is 0. The van der Waals surface area contributed by atoms with E-state index in [1.807, 2.05) is 10.8 Å². The number of rotatable bonds is 10. The van der Waals surface area contributed by atoms with Crippen LogP contribution in [0.1, 0.15) is 32.1 Å². The Morgan fingerprint density at radius 2 is 2.00 bits per heavy atom. The number of hydrogen-bond acceptors (Lipinski definition) is 5. The lowest BCUT2D eigenvalue weighted by Gasteiger charge is -2.24. The van der Waals surface area contributed by atoms with Crippen molar-refractivity contribution < 1.29 is 19.9 Å². The van der Waals surface area contributed by atoms with E-state index in [4.69, 9.17) is 15.8 Å². The average Bonchev–Trinajstić information content (AvgIpc) is 2.87. The van der Waals surface area contributed by atoms with Gasteiger partial charge in [0.25, 0.3) is 0 Å². The van der Waals surface area contributed by atoms with Crippen LogP contribution in [0, 0.1) is 0 Å². The lowest BCUT2D eigenvalue weighted by Crippen LogP contribution is -2.48. The molecule has 0 aliphatic carbocycles. The number of nitrogens with two attached hydrogens (primary N) is 1. The van der Waals surface area contributed by atoms with Gasteiger partial charge in [0.15, 0.2) is 0 Å². The average molecular weight is 283 g/mol. The smallest absolute Gasteiger partial charge is 0.451 e. The fourth-order valence-corrected chi connectivity index (χ4v) is 2.10. The molecule has 112 valence electrons. The molecule has 0 aromatic carbocycles. The first-order valence-electron chi connectivity index (χ1n) is 6.78. The lowest BCUT2D eigenvalue weighted by molar-refractivity contribution is -0.144. The number of aromatic nitrogens is 2. The van der Waals surface area contributed by atoms with Gasteiger partial charge in [-0.3, -0.25) is 4.79 Å². The highest BCUT2D eigenvalue weighted by Crippen LogP contribution is 2.19. The molecule has 1 heterocycles. The Labute approximate surface area is 118 Å². The normalized spacial score (nSPS) is 13.9. The molecule has 0 bridgehead atoms. The van der Waals surface area contributed by atoms with Crippen molar-refractivity contribution in [3.05, 3.63) is 18.7 Å². The number of carboxylic acid groups (broad SMARTS) is 1. The van der Waals surface area contributed by atoms with Crippen LogP contribution in [0.25, 0.3) is 0 Å². The van der Waals surface area contributed by atoms with Crippen LogP contribution in [0.5, 0.6) is 0 Å². The van der Waals surface area contributed by atoms with Crippen LogP contribution in [-0.4, -0.2) is 43.3 Å². The lowest BCUT2D eigenvalue weighted by atomic mass is 9.81. The summed E-state index contributed by atoms with van der Waals surface area (Å²) in [5.74, 6) is -1.01. The van der Waals surface area contributed by atoms with Gasteiger partial charge in [-0.1, -0.05) is 12.8 Å². The molecule has 0 amide bonds. The second-order valence-electron chi connectivity index (χ2n) is 5.09. The van der Waals surface area contributed by atoms with E-state index in [0.29, 0.717) is 38.6 Å². The molecular weight excluding hydrogens is 261 g/mol. The summed E-state index contributed by atoms with van der Waals surface area (Å²) in [6.45, 7) is 0.682. The summed E-state index contributed by atoms with van der Waals surface area (Å²) in [5, 5.41) is 26.7. The summed E-state index contributed by atoms with van der Waals surface area (Å²) < 4.78 is 1.88. The molecule has 1 atom stereocenters. The second kappa shape index (κ2) is 8.03. The van der Waals surface area contributed by atoms with Crippen molar-refractivity contribution in [3.63, 3.8) is 0 Å². The van der Waals surface area contributed by atoms with Crippen molar-refractivity contribution in [2.45, 2.75) is 50.5 Å². The molecule has 8 heteroatoms. The molecular formula is C12H22BN3O4. The number of unbranched alkanes of at least 4 members (excludes halogenated alkanes) is 1. The van der Waals surface area contributed by atoms with E-state index in [2.05, 4.69) is 4.98 Å². The van der Waals surface area contributed by atoms with Crippen molar-refractivity contribution in [2.24, 2.45) is 5.73 Å². The number of aliphatic carboxylic acids is 1. The third-order valence-corrected chi connectivity index (χ3v) is 3.36. The van der Waals surface area contributed by atoms with Gasteiger partial charge in [-0.2, -0.15) is 0 Å². The van der Waals surface area contributed by atoms with Crippen LogP contribution in [0.4, 0.5) is 0 Å². The van der Waals surface area contributed by atoms with Crippen molar-refractivity contribution in [1.82, 2.24) is 9.55 Å². The summed E-state index contributed by atoms with van der Waals surface area (Å²) in [6, 6.07) is 0. The first-order chi connectivity index (χ1) is 9.44. The molecule has 0 fully saturated rings. The maximum atomic E-state index is 11.3. The largest absolute Gasteiger partial charge is 0.480 e. The fourth-order valence-electron chi connectivity index (χ4n) is 2.10. The molecule has 5 N–H and O–H groups in total. The highest BCUT2D eigenvalue weighted by molar-refractivity contribution is 6.40. The minimum Gasteiger partial charge on any atom is -0.480 e. The van der Waals surface area contributed by atoms with E-state index in [1.54, 1.807) is 12.5 Å². The summed E-state index contributed by atoms with van der Waals surface area (Å²) in [7, 11) is -1.34. The van der Waals surface area contributed by atoms with E-state index < -0.39 is 18.6 Å². The van der Waals surface area contributed by atoms with Gasteiger partial charge in [0.1, 0.15) is 5.54 Å². The number of hydrogen-bond donors (Lipinski definition) is 4. The minimum atomic E-state index is -1.34. The quantitative estimate of drug-likeness (QED) is 0.356. The summed E-state index contributed by atoms with van der Waals surface area (Å²) in [5.41, 5.74) is 4.70. The highest BCUT2D eigenvalue weighted by Gasteiger charge is 2.32. The maximum absolute atomic E-state index is 11.3. The van der Waals surface area contributed by atoms with Gasteiger partial charge in [0.2, 0.25) is 0 Å². The number of nitrogens with zero attached hydrogens (tertiary/aromatic N) is 2. The molecule has 20 heavy (non-hydrogen) atoms. The number of imidazole rings is 1. The van der Waals surface area contributed by atoms with Crippen LogP contribution in [0.15, 0.2) is 18.7 Å². The predicted molar refractivity (Wildman–Crippen MR) is 74.9 cm³/mol. The van der Waals surface area contributed by atoms with Crippen LogP contribution >= 0.6 is 0 Å². The van der Waals surface area contributed by atoms with Crippen molar-refractivity contribution >= 4 is 13.1 Å². The Morgan fingerprint density at radius 1 is 1.30 bits per heavy atom. The van der Waals surface area contributed by atoms with Gasteiger partial charge in [-0.15, -0.1) is 0 Å². The molecule has 0 spiro atoms. The van der Waals surface area contributed by atoms with Gasteiger partial charge in [0.05, 0.1) is 6.33 Å². The minimum absolute atomic E-state index is 0.241. The van der Waals surface area contributed by atoms with Gasteiger partial charge in [-0.05, 0) is 25.6 Å². The van der Waals surface area contributed by atoms with Crippen LogP contribution in [-0.2, 0) is 11.3 Å². The van der Waals surface area contributed by atoms with Gasteiger partial charge >= 0.3 is 13.1 Å². The number of carbonyl (C=O) groups is 1. The molecule has 1 aromatic rings. The zero-order valence-corrected chi connectivity index (χ0v) is 11.5. The molecule has 1 unspecified atom stereocenters. The Balaban J connectivity index is 2.35. The number of aryl methyl sites for hydroxylation is 1. The molecule has 1 rings (SSSR count). The topological polar surface area (TPSA) is 122 Å². The van der Waals surface area contributed by atoms with Crippen LogP contribution < -0.4 is 5.73 Å². The summed E-state index contributed by atoms with van der Waals surface area (Å²) in [4.78, 5) is 15.2. The van der Waals surface area contributed by atoms with Crippen molar-refractivity contribution in [3.8, 4) is 0 Å². The third-order valence-electron chi connectivity index (χ3n) is 3.36. The molecule has 0 aliphatic heterocycles. The molecule has 0 aliphatic rings. The fraction of sp³-hybridized carbons (Fsp3) is 0.667. The predicted octanol–water partition coefficient (Wildman–Crippen LogP) is 0.0885. The zero-order chi connectivity index (χ0) is 15.0. The number of carboxylic acids is 1. The first kappa shape index (κ1) is 16.7. The van der Waals surface area contributed by atoms with Crippen molar-refractivity contribution in [2.75, 3.05) is 0 Å². The van der Waals surface area contributed by atoms with E-state index in [9.17, 15) is 9.90 Å². The van der Waals surface area contributed by atoms with Gasteiger partial charge < -0.3 is 25.5 Å². The van der Waals surface area contributed by atoms with E-state index in [1.165, 1.54) is 0 Å². The zero-order valence-electron chi connectivity index (χ0n) is 11.5. The van der Waals surface area contributed by atoms with Gasteiger partial charge in [0, 0.05) is 18.9 Å². The van der Waals surface area contributed by atoms with E-state index >= 15 is 0 Å². The van der Waals surface area contributed by atoms with Crippen LogP contribution in [0.3, 0.4) is 0 Å². The Bertz CT molecular complexity index is 399. The maximum Gasteiger partial charge on any atom is 0.451 e. The molecule has 0 saturated heterocycles. The van der Waals surface area contributed by atoms with Crippen molar-refractivity contribution in [1.29, 1.82) is 0 Å². The van der Waals surface area contributed by atoms with Crippen LogP contribution in [0.2, 0.25) is 6.32 Å². The Kier molecular flexibility index (Phi) is 6.70. The van der Waals surface area contributed by atoms with E-state index in [0.717, 1.165) is 0 Å². The SMILES string of the molecule is NC(CCCCB(O)O)(CCCn1ccnc1)C(=O)O. The standard InChI is InChI=1S/C12H22BN3O4/c14-12(11(17)18,4-1-2-6-13(19)20)5-3-8-16-9-7-15-10-16/h7,9-10,19-20H,1-6,8,14H2,(H,17,18). The van der Waals surface area contributed by atoms with E-state index in [-0.39, 0.29) is 6.32 Å². The second-order valence-corrected chi connectivity index (χ2v) is 5.09. The molecule has 7 nitrogen and oxygen atoms in total. The molecule has 0 radical (unpaired) electrons. The summed E-state index contributed by atoms with van der Waals surface area (Å²) in [6.07, 6.45) is 7.89. The molecule has 1 aromatic heterocycles. The first-order valence-corrected chi connectivity index (χ1v) is 6.78. The Hall–Kier alpha value is -1.38. The third kappa shape index (κ3) is 5.73. The molecule has 0 saturated carbocycles. The Morgan fingerprint density at radius 3 is 2.55 bits per heavy atom.